The van der Waals surface area contributed by atoms with E-state index in [1.54, 1.807) is 12.1 Å². The average molecular weight is 343 g/mol. The molecule has 0 spiro atoms. The van der Waals surface area contributed by atoms with Gasteiger partial charge in [-0.05, 0) is 68.0 Å². The quantitative estimate of drug-likeness (QED) is 0.724. The van der Waals surface area contributed by atoms with E-state index < -0.39 is 6.10 Å². The number of carbonyl (C=O) groups excluding carboxylic acids is 1. The number of halogens is 1. The molecule has 0 fully saturated rings. The Balaban J connectivity index is 1.81. The van der Waals surface area contributed by atoms with Crippen LogP contribution in [0.2, 0.25) is 0 Å². The van der Waals surface area contributed by atoms with Gasteiger partial charge in [0.15, 0.2) is 6.10 Å². The Labute approximate surface area is 149 Å². The Morgan fingerprint density at radius 3 is 2.56 bits per heavy atom. The van der Waals surface area contributed by atoms with Crippen LogP contribution < -0.4 is 10.1 Å². The van der Waals surface area contributed by atoms with Gasteiger partial charge in [0.1, 0.15) is 11.6 Å². The Kier molecular flexibility index (Phi) is 6.99. The van der Waals surface area contributed by atoms with Crippen LogP contribution in [0.15, 0.2) is 42.5 Å². The molecule has 0 bridgehead atoms. The van der Waals surface area contributed by atoms with Gasteiger partial charge in [0, 0.05) is 6.54 Å². The molecule has 0 aliphatic heterocycles. The van der Waals surface area contributed by atoms with Crippen LogP contribution in [-0.4, -0.2) is 18.6 Å². The summed E-state index contributed by atoms with van der Waals surface area (Å²) in [5, 5.41) is 2.93. The van der Waals surface area contributed by atoms with Gasteiger partial charge >= 0.3 is 0 Å². The number of benzene rings is 2. The Hall–Kier alpha value is -2.36. The molecule has 0 radical (unpaired) electrons. The van der Waals surface area contributed by atoms with Crippen molar-refractivity contribution in [3.8, 4) is 5.75 Å². The molecular weight excluding hydrogens is 317 g/mol. The maximum absolute atomic E-state index is 12.9. The van der Waals surface area contributed by atoms with E-state index in [-0.39, 0.29) is 11.7 Å². The molecule has 4 heteroatoms. The van der Waals surface area contributed by atoms with Crippen molar-refractivity contribution in [2.24, 2.45) is 0 Å². The third-order valence-corrected chi connectivity index (χ3v) is 4.13. The van der Waals surface area contributed by atoms with Gasteiger partial charge in [-0.25, -0.2) is 4.39 Å². The largest absolute Gasteiger partial charge is 0.480 e. The Morgan fingerprint density at radius 2 is 1.88 bits per heavy atom. The second-order valence-corrected chi connectivity index (χ2v) is 6.30. The lowest BCUT2D eigenvalue weighted by molar-refractivity contribution is -0.128. The number of amides is 1. The normalized spacial score (nSPS) is 11.8. The van der Waals surface area contributed by atoms with Gasteiger partial charge in [-0.15, -0.1) is 0 Å². The van der Waals surface area contributed by atoms with E-state index in [0.29, 0.717) is 13.0 Å². The van der Waals surface area contributed by atoms with Crippen LogP contribution in [0.25, 0.3) is 0 Å². The minimum Gasteiger partial charge on any atom is -0.480 e. The smallest absolute Gasteiger partial charge is 0.261 e. The summed E-state index contributed by atoms with van der Waals surface area (Å²) < 4.78 is 18.8. The van der Waals surface area contributed by atoms with Crippen molar-refractivity contribution in [1.82, 2.24) is 5.32 Å². The molecule has 134 valence electrons. The molecule has 0 heterocycles. The van der Waals surface area contributed by atoms with Gasteiger partial charge < -0.3 is 10.1 Å². The second kappa shape index (κ2) is 9.21. The molecule has 0 unspecified atom stereocenters. The number of aryl methyl sites for hydroxylation is 3. The molecule has 0 aliphatic carbocycles. The van der Waals surface area contributed by atoms with Crippen LogP contribution in [-0.2, 0) is 11.2 Å². The van der Waals surface area contributed by atoms with E-state index in [9.17, 15) is 9.18 Å². The first kappa shape index (κ1) is 19.0. The minimum atomic E-state index is -0.494. The molecule has 0 aromatic heterocycles. The number of rotatable bonds is 8. The standard InChI is InChI=1S/C21H26FNO2/c1-4-19(25-20-14-15(2)7-8-16(20)3)21(24)23-13-5-6-17-9-11-18(22)12-10-17/h7-12,14,19H,4-6,13H2,1-3H3,(H,23,24)/t19-/m0/s1. The number of hydrogen-bond donors (Lipinski definition) is 1. The lowest BCUT2D eigenvalue weighted by Crippen LogP contribution is -2.38. The van der Waals surface area contributed by atoms with Crippen molar-refractivity contribution in [3.63, 3.8) is 0 Å². The summed E-state index contributed by atoms with van der Waals surface area (Å²) in [6.07, 6.45) is 1.72. The highest BCUT2D eigenvalue weighted by atomic mass is 19.1. The number of ether oxygens (including phenoxy) is 1. The average Bonchev–Trinajstić information content (AvgIpc) is 2.60. The van der Waals surface area contributed by atoms with E-state index in [1.165, 1.54) is 12.1 Å². The van der Waals surface area contributed by atoms with E-state index in [4.69, 9.17) is 4.74 Å². The first-order valence-corrected chi connectivity index (χ1v) is 8.75. The Morgan fingerprint density at radius 1 is 1.16 bits per heavy atom. The molecule has 0 saturated heterocycles. The molecule has 0 saturated carbocycles. The number of hydrogen-bond acceptors (Lipinski definition) is 2. The zero-order valence-corrected chi connectivity index (χ0v) is 15.1. The summed E-state index contributed by atoms with van der Waals surface area (Å²) in [7, 11) is 0. The molecule has 0 aliphatic rings. The molecule has 3 nitrogen and oxygen atoms in total. The van der Waals surface area contributed by atoms with Crippen LogP contribution in [0.3, 0.4) is 0 Å². The number of nitrogens with one attached hydrogen (secondary N) is 1. The van der Waals surface area contributed by atoms with Gasteiger partial charge in [0.25, 0.3) is 5.91 Å². The highest BCUT2D eigenvalue weighted by molar-refractivity contribution is 5.81. The van der Waals surface area contributed by atoms with Crippen LogP contribution in [0, 0.1) is 19.7 Å². The maximum Gasteiger partial charge on any atom is 0.261 e. The Bertz CT molecular complexity index is 698. The zero-order chi connectivity index (χ0) is 18.2. The predicted octanol–water partition coefficient (Wildman–Crippen LogP) is 4.35. The van der Waals surface area contributed by atoms with Crippen molar-refractivity contribution < 1.29 is 13.9 Å². The van der Waals surface area contributed by atoms with Crippen molar-refractivity contribution in [2.75, 3.05) is 6.54 Å². The van der Waals surface area contributed by atoms with Crippen LogP contribution in [0.4, 0.5) is 4.39 Å². The SMILES string of the molecule is CC[C@H](Oc1cc(C)ccc1C)C(=O)NCCCc1ccc(F)cc1. The fraction of sp³-hybridized carbons (Fsp3) is 0.381. The van der Waals surface area contributed by atoms with Crippen molar-refractivity contribution >= 4 is 5.91 Å². The van der Waals surface area contributed by atoms with Gasteiger partial charge in [0.2, 0.25) is 0 Å². The maximum atomic E-state index is 12.9. The van der Waals surface area contributed by atoms with Crippen molar-refractivity contribution in [3.05, 3.63) is 65.0 Å². The van der Waals surface area contributed by atoms with Gasteiger partial charge in [-0.3, -0.25) is 4.79 Å². The second-order valence-electron chi connectivity index (χ2n) is 6.30. The minimum absolute atomic E-state index is 0.0949. The molecule has 1 N–H and O–H groups in total. The predicted molar refractivity (Wildman–Crippen MR) is 98.4 cm³/mol. The zero-order valence-electron chi connectivity index (χ0n) is 15.1. The van der Waals surface area contributed by atoms with Gasteiger partial charge in [0.05, 0.1) is 0 Å². The highest BCUT2D eigenvalue weighted by Gasteiger charge is 2.18. The van der Waals surface area contributed by atoms with Crippen LogP contribution in [0.5, 0.6) is 5.75 Å². The molecular formula is C21H26FNO2. The fourth-order valence-electron chi connectivity index (χ4n) is 2.58. The van der Waals surface area contributed by atoms with Crippen LogP contribution >= 0.6 is 0 Å². The van der Waals surface area contributed by atoms with E-state index in [1.807, 2.05) is 39.0 Å². The van der Waals surface area contributed by atoms with E-state index >= 15 is 0 Å². The molecule has 1 atom stereocenters. The van der Waals surface area contributed by atoms with E-state index in [0.717, 1.165) is 35.3 Å². The monoisotopic (exact) mass is 343 g/mol. The summed E-state index contributed by atoms with van der Waals surface area (Å²) in [6, 6.07) is 12.4. The van der Waals surface area contributed by atoms with Crippen molar-refractivity contribution in [2.45, 2.75) is 46.1 Å². The molecule has 25 heavy (non-hydrogen) atoms. The molecule has 1 amide bonds. The lowest BCUT2D eigenvalue weighted by Gasteiger charge is -2.19. The summed E-state index contributed by atoms with van der Waals surface area (Å²) in [5.74, 6) is 0.433. The van der Waals surface area contributed by atoms with Crippen LogP contribution in [0.1, 0.15) is 36.5 Å². The molecule has 2 aromatic rings. The fourth-order valence-corrected chi connectivity index (χ4v) is 2.58. The summed E-state index contributed by atoms with van der Waals surface area (Å²) in [4.78, 5) is 12.3. The topological polar surface area (TPSA) is 38.3 Å². The van der Waals surface area contributed by atoms with Gasteiger partial charge in [-0.2, -0.15) is 0 Å². The number of carbonyl (C=O) groups is 1. The molecule has 2 rings (SSSR count). The summed E-state index contributed by atoms with van der Waals surface area (Å²) in [6.45, 7) is 6.49. The first-order chi connectivity index (χ1) is 12.0. The molecule has 2 aromatic carbocycles. The summed E-state index contributed by atoms with van der Waals surface area (Å²) in [5.41, 5.74) is 3.19. The third kappa shape index (κ3) is 5.89. The van der Waals surface area contributed by atoms with Gasteiger partial charge in [-0.1, -0.05) is 31.2 Å². The highest BCUT2D eigenvalue weighted by Crippen LogP contribution is 2.21. The third-order valence-electron chi connectivity index (χ3n) is 4.13. The first-order valence-electron chi connectivity index (χ1n) is 8.75. The summed E-state index contributed by atoms with van der Waals surface area (Å²) >= 11 is 0. The van der Waals surface area contributed by atoms with E-state index in [2.05, 4.69) is 5.32 Å². The lowest BCUT2D eigenvalue weighted by atomic mass is 10.1. The van der Waals surface area contributed by atoms with Crippen molar-refractivity contribution in [1.29, 1.82) is 0 Å².